The smallest absolute Gasteiger partial charge is 0.168 e. The summed E-state index contributed by atoms with van der Waals surface area (Å²) in [5.41, 5.74) is 1.13. The lowest BCUT2D eigenvalue weighted by Crippen LogP contribution is -1.88. The molecule has 11 heavy (non-hydrogen) atoms. The zero-order valence-electron chi connectivity index (χ0n) is 5.93. The van der Waals surface area contributed by atoms with Crippen LogP contribution >= 0.6 is 22.6 Å². The lowest BCUT2D eigenvalue weighted by Gasteiger charge is -1.97. The molecule has 1 fully saturated rings. The molecule has 0 aliphatic heterocycles. The average Bonchev–Trinajstić information content (AvgIpc) is 2.62. The first kappa shape index (κ1) is 7.53. The van der Waals surface area contributed by atoms with E-state index in [2.05, 4.69) is 0 Å². The summed E-state index contributed by atoms with van der Waals surface area (Å²) in [5, 5.41) is 0. The molecule has 58 valence electrons. The van der Waals surface area contributed by atoms with E-state index in [0.29, 0.717) is 6.42 Å². The van der Waals surface area contributed by atoms with Crippen LogP contribution in [-0.2, 0) is 0 Å². The molecule has 1 aromatic carbocycles. The number of benzene rings is 1. The van der Waals surface area contributed by atoms with Gasteiger partial charge in [0.05, 0.1) is 0 Å². The Morgan fingerprint density at radius 2 is 1.91 bits per heavy atom. The van der Waals surface area contributed by atoms with Crippen molar-refractivity contribution in [2.24, 2.45) is 0 Å². The molecular weight excluding hydrogens is 254 g/mol. The highest BCUT2D eigenvalue weighted by Crippen LogP contribution is 2.59. The second-order valence-electron chi connectivity index (χ2n) is 2.93. The SMILES string of the molecule is FC1(I)CC1c1ccccc1. The standard InChI is InChI=1S/C9H8FI/c10-9(11)6-8(9)7-4-2-1-3-5-7/h1-5,8H,6H2. The number of hydrogen-bond acceptors (Lipinski definition) is 0. The largest absolute Gasteiger partial charge is 0.232 e. The van der Waals surface area contributed by atoms with E-state index in [4.69, 9.17) is 0 Å². The number of rotatable bonds is 1. The van der Waals surface area contributed by atoms with Crippen LogP contribution in [0.4, 0.5) is 4.39 Å². The minimum Gasteiger partial charge on any atom is -0.232 e. The van der Waals surface area contributed by atoms with E-state index in [9.17, 15) is 4.39 Å². The Hall–Kier alpha value is -0.120. The second-order valence-corrected chi connectivity index (χ2v) is 4.72. The monoisotopic (exact) mass is 262 g/mol. The number of alkyl halides is 2. The van der Waals surface area contributed by atoms with Crippen LogP contribution in [-0.4, -0.2) is 3.68 Å². The van der Waals surface area contributed by atoms with Crippen molar-refractivity contribution in [2.45, 2.75) is 16.0 Å². The second kappa shape index (κ2) is 2.44. The molecule has 2 heteroatoms. The van der Waals surface area contributed by atoms with Crippen molar-refractivity contribution in [3.63, 3.8) is 0 Å². The first-order valence-corrected chi connectivity index (χ1v) is 4.71. The fraction of sp³-hybridized carbons (Fsp3) is 0.333. The maximum atomic E-state index is 13.1. The molecule has 0 amide bonds. The van der Waals surface area contributed by atoms with Crippen LogP contribution in [0, 0.1) is 0 Å². The summed E-state index contributed by atoms with van der Waals surface area (Å²) in [6.45, 7) is 0. The molecule has 1 aromatic rings. The fourth-order valence-electron chi connectivity index (χ4n) is 1.26. The molecule has 0 spiro atoms. The summed E-state index contributed by atoms with van der Waals surface area (Å²) in [7, 11) is 0. The molecule has 2 rings (SSSR count). The Balaban J connectivity index is 2.21. The maximum Gasteiger partial charge on any atom is 0.168 e. The Kier molecular flexibility index (Phi) is 1.67. The first-order valence-electron chi connectivity index (χ1n) is 3.63. The van der Waals surface area contributed by atoms with Crippen molar-refractivity contribution in [1.29, 1.82) is 0 Å². The van der Waals surface area contributed by atoms with Gasteiger partial charge in [0.1, 0.15) is 0 Å². The van der Waals surface area contributed by atoms with Crippen LogP contribution in [0.15, 0.2) is 30.3 Å². The van der Waals surface area contributed by atoms with Gasteiger partial charge in [-0.05, 0) is 28.2 Å². The zero-order valence-corrected chi connectivity index (χ0v) is 8.08. The number of hydrogen-bond donors (Lipinski definition) is 0. The Bertz CT molecular complexity index is 256. The molecular formula is C9H8FI. The Morgan fingerprint density at radius 1 is 1.36 bits per heavy atom. The summed E-state index contributed by atoms with van der Waals surface area (Å²) >= 11 is 1.89. The highest BCUT2D eigenvalue weighted by molar-refractivity contribution is 14.1. The van der Waals surface area contributed by atoms with Crippen molar-refractivity contribution < 1.29 is 4.39 Å². The minimum absolute atomic E-state index is 0.143. The van der Waals surface area contributed by atoms with Crippen LogP contribution in [0.25, 0.3) is 0 Å². The topological polar surface area (TPSA) is 0 Å². The van der Waals surface area contributed by atoms with Gasteiger partial charge in [0, 0.05) is 12.3 Å². The molecule has 0 N–H and O–H groups in total. The van der Waals surface area contributed by atoms with Gasteiger partial charge in [-0.3, -0.25) is 0 Å². The molecule has 1 aliphatic carbocycles. The van der Waals surface area contributed by atoms with E-state index in [1.807, 2.05) is 52.9 Å². The summed E-state index contributed by atoms with van der Waals surface area (Å²) in [4.78, 5) is 0. The van der Waals surface area contributed by atoms with Crippen LogP contribution in [0.1, 0.15) is 17.9 Å². The Labute approximate surface area is 78.9 Å². The normalized spacial score (nSPS) is 35.3. The van der Waals surface area contributed by atoms with Crippen LogP contribution in [0.2, 0.25) is 0 Å². The van der Waals surface area contributed by atoms with Crippen LogP contribution in [0.3, 0.4) is 0 Å². The third-order valence-electron chi connectivity index (χ3n) is 2.03. The van der Waals surface area contributed by atoms with Gasteiger partial charge in [0.15, 0.2) is 3.68 Å². The van der Waals surface area contributed by atoms with Crippen molar-refractivity contribution in [2.75, 3.05) is 0 Å². The van der Waals surface area contributed by atoms with E-state index in [1.165, 1.54) is 0 Å². The molecule has 1 aliphatic rings. The van der Waals surface area contributed by atoms with Gasteiger partial charge in [-0.25, -0.2) is 4.39 Å². The predicted molar refractivity (Wildman–Crippen MR) is 51.7 cm³/mol. The third kappa shape index (κ3) is 1.41. The van der Waals surface area contributed by atoms with Gasteiger partial charge < -0.3 is 0 Å². The van der Waals surface area contributed by atoms with Crippen LogP contribution in [0.5, 0.6) is 0 Å². The lowest BCUT2D eigenvalue weighted by atomic mass is 10.1. The van der Waals surface area contributed by atoms with E-state index < -0.39 is 3.68 Å². The molecule has 2 atom stereocenters. The maximum absolute atomic E-state index is 13.1. The van der Waals surface area contributed by atoms with Gasteiger partial charge in [-0.15, -0.1) is 0 Å². The molecule has 0 aromatic heterocycles. The molecule has 0 bridgehead atoms. The Morgan fingerprint density at radius 3 is 2.36 bits per heavy atom. The van der Waals surface area contributed by atoms with Crippen molar-refractivity contribution >= 4 is 22.6 Å². The highest BCUT2D eigenvalue weighted by atomic mass is 127. The molecule has 0 saturated heterocycles. The summed E-state index contributed by atoms with van der Waals surface area (Å²) in [6.07, 6.45) is 0.678. The molecule has 0 heterocycles. The van der Waals surface area contributed by atoms with Gasteiger partial charge >= 0.3 is 0 Å². The zero-order chi connectivity index (χ0) is 7.90. The quantitative estimate of drug-likeness (QED) is 0.538. The average molecular weight is 262 g/mol. The van der Waals surface area contributed by atoms with Gasteiger partial charge in [0.25, 0.3) is 0 Å². The third-order valence-corrected chi connectivity index (χ3v) is 3.22. The highest BCUT2D eigenvalue weighted by Gasteiger charge is 2.53. The summed E-state index contributed by atoms with van der Waals surface area (Å²) < 4.78 is 12.2. The first-order chi connectivity index (χ1) is 5.20. The summed E-state index contributed by atoms with van der Waals surface area (Å²) in [6, 6.07) is 9.86. The van der Waals surface area contributed by atoms with Gasteiger partial charge in [-0.1, -0.05) is 30.3 Å². The van der Waals surface area contributed by atoms with Crippen LogP contribution < -0.4 is 0 Å². The van der Waals surface area contributed by atoms with Crippen molar-refractivity contribution in [3.8, 4) is 0 Å². The summed E-state index contributed by atoms with van der Waals surface area (Å²) in [5.74, 6) is 0.143. The van der Waals surface area contributed by atoms with E-state index in [1.54, 1.807) is 0 Å². The van der Waals surface area contributed by atoms with E-state index in [0.717, 1.165) is 5.56 Å². The van der Waals surface area contributed by atoms with E-state index >= 15 is 0 Å². The minimum atomic E-state index is -0.959. The molecule has 1 saturated carbocycles. The fourth-order valence-corrected chi connectivity index (χ4v) is 2.06. The van der Waals surface area contributed by atoms with Crippen molar-refractivity contribution in [1.82, 2.24) is 0 Å². The molecule has 0 radical (unpaired) electrons. The lowest BCUT2D eigenvalue weighted by molar-refractivity contribution is 0.448. The molecule has 2 unspecified atom stereocenters. The van der Waals surface area contributed by atoms with Crippen molar-refractivity contribution in [3.05, 3.63) is 35.9 Å². The molecule has 0 nitrogen and oxygen atoms in total. The number of halogens is 2. The van der Waals surface area contributed by atoms with Gasteiger partial charge in [-0.2, -0.15) is 0 Å². The predicted octanol–water partition coefficient (Wildman–Crippen LogP) is 3.27. The van der Waals surface area contributed by atoms with Gasteiger partial charge in [0.2, 0.25) is 0 Å². The van der Waals surface area contributed by atoms with E-state index in [-0.39, 0.29) is 5.92 Å².